The first-order chi connectivity index (χ1) is 7.79. The van der Waals surface area contributed by atoms with Gasteiger partial charge in [-0.25, -0.2) is 4.98 Å². The number of nitrogens with two attached hydrogens (primary N) is 1. The lowest BCUT2D eigenvalue weighted by Gasteiger charge is -2.23. The Bertz CT molecular complexity index is 391. The molecule has 86 valence electrons. The topological polar surface area (TPSA) is 60.6 Å². The first-order valence-corrected chi connectivity index (χ1v) is 5.52. The number of nitrogens with zero attached hydrogens (tertiary/aromatic N) is 2. The number of aromatic nitrogens is 1. The molecule has 2 N–H and O–H groups in total. The van der Waals surface area contributed by atoms with E-state index in [0.717, 1.165) is 25.2 Å². The first kappa shape index (κ1) is 9.86. The number of ether oxygens (including phenoxy) is 2. The summed E-state index contributed by atoms with van der Waals surface area (Å²) in [5.74, 6) is 0.167. The van der Waals surface area contributed by atoms with Crippen LogP contribution >= 0.6 is 0 Å². The van der Waals surface area contributed by atoms with Crippen LogP contribution in [0.3, 0.4) is 0 Å². The molecule has 0 amide bonds. The average molecular weight is 221 g/mol. The highest BCUT2D eigenvalue weighted by atomic mass is 16.7. The number of nitrogen functional groups attached to an aromatic ring is 1. The third-order valence-corrected chi connectivity index (χ3v) is 3.16. The maximum atomic E-state index is 5.85. The van der Waals surface area contributed by atoms with E-state index in [9.17, 15) is 0 Å². The lowest BCUT2D eigenvalue weighted by atomic mass is 10.2. The highest BCUT2D eigenvalue weighted by Gasteiger charge is 2.43. The summed E-state index contributed by atoms with van der Waals surface area (Å²) >= 11 is 0. The normalized spacial score (nSPS) is 23.1. The summed E-state index contributed by atoms with van der Waals surface area (Å²) in [7, 11) is 0. The molecule has 5 heteroatoms. The second-order valence-corrected chi connectivity index (χ2v) is 4.19. The fourth-order valence-electron chi connectivity index (χ4n) is 2.37. The van der Waals surface area contributed by atoms with Crippen molar-refractivity contribution in [3.05, 3.63) is 18.3 Å². The Morgan fingerprint density at radius 1 is 1.38 bits per heavy atom. The van der Waals surface area contributed by atoms with Crippen LogP contribution in [-0.4, -0.2) is 37.1 Å². The number of anilines is 2. The average Bonchev–Trinajstić information content (AvgIpc) is 2.91. The second kappa shape index (κ2) is 3.61. The zero-order chi connectivity index (χ0) is 11.0. The summed E-state index contributed by atoms with van der Waals surface area (Å²) in [4.78, 5) is 6.27. The van der Waals surface area contributed by atoms with E-state index < -0.39 is 5.79 Å². The van der Waals surface area contributed by atoms with Gasteiger partial charge in [-0.05, 0) is 12.1 Å². The third kappa shape index (κ3) is 1.52. The molecule has 16 heavy (non-hydrogen) atoms. The third-order valence-electron chi connectivity index (χ3n) is 3.16. The van der Waals surface area contributed by atoms with Crippen molar-refractivity contribution in [2.75, 3.05) is 36.9 Å². The summed E-state index contributed by atoms with van der Waals surface area (Å²) in [6, 6.07) is 3.88. The van der Waals surface area contributed by atoms with E-state index in [2.05, 4.69) is 9.88 Å². The molecule has 0 radical (unpaired) electrons. The molecule has 5 nitrogen and oxygen atoms in total. The van der Waals surface area contributed by atoms with Gasteiger partial charge >= 0.3 is 0 Å². The van der Waals surface area contributed by atoms with E-state index in [1.54, 1.807) is 6.20 Å². The van der Waals surface area contributed by atoms with Crippen LogP contribution in [-0.2, 0) is 9.47 Å². The van der Waals surface area contributed by atoms with E-state index in [4.69, 9.17) is 15.2 Å². The van der Waals surface area contributed by atoms with Gasteiger partial charge in [-0.3, -0.25) is 0 Å². The Hall–Kier alpha value is -1.33. The lowest BCUT2D eigenvalue weighted by molar-refractivity contribution is -0.137. The number of rotatable bonds is 1. The Balaban J connectivity index is 1.81. The minimum atomic E-state index is -0.401. The molecular weight excluding hydrogens is 206 g/mol. The molecule has 0 unspecified atom stereocenters. The molecule has 1 spiro atoms. The van der Waals surface area contributed by atoms with Crippen LogP contribution in [0.2, 0.25) is 0 Å². The van der Waals surface area contributed by atoms with E-state index in [0.29, 0.717) is 19.0 Å². The summed E-state index contributed by atoms with van der Waals surface area (Å²) in [6.07, 6.45) is 2.59. The van der Waals surface area contributed by atoms with Gasteiger partial charge in [0.2, 0.25) is 0 Å². The van der Waals surface area contributed by atoms with Crippen LogP contribution in [0.15, 0.2) is 18.3 Å². The monoisotopic (exact) mass is 221 g/mol. The molecule has 1 aromatic rings. The molecule has 0 atom stereocenters. The summed E-state index contributed by atoms with van der Waals surface area (Å²) in [5.41, 5.74) is 6.82. The number of hydrogen-bond donors (Lipinski definition) is 1. The van der Waals surface area contributed by atoms with Gasteiger partial charge in [-0.15, -0.1) is 0 Å². The number of hydrogen-bond acceptors (Lipinski definition) is 5. The molecule has 0 saturated carbocycles. The summed E-state index contributed by atoms with van der Waals surface area (Å²) in [6.45, 7) is 3.02. The Kier molecular flexibility index (Phi) is 2.22. The first-order valence-electron chi connectivity index (χ1n) is 5.52. The van der Waals surface area contributed by atoms with Gasteiger partial charge in [-0.1, -0.05) is 0 Å². The quantitative estimate of drug-likeness (QED) is 0.753. The van der Waals surface area contributed by atoms with Crippen molar-refractivity contribution < 1.29 is 9.47 Å². The predicted molar refractivity (Wildman–Crippen MR) is 60.1 cm³/mol. The lowest BCUT2D eigenvalue weighted by Crippen LogP contribution is -2.34. The molecule has 2 aliphatic rings. The van der Waals surface area contributed by atoms with Crippen molar-refractivity contribution in [2.24, 2.45) is 0 Å². The Morgan fingerprint density at radius 3 is 2.94 bits per heavy atom. The molecule has 2 fully saturated rings. The highest BCUT2D eigenvalue weighted by molar-refractivity contribution is 5.63. The Morgan fingerprint density at radius 2 is 2.19 bits per heavy atom. The van der Waals surface area contributed by atoms with Gasteiger partial charge in [0.25, 0.3) is 0 Å². The minimum absolute atomic E-state index is 0.401. The zero-order valence-electron chi connectivity index (χ0n) is 9.06. The van der Waals surface area contributed by atoms with Crippen LogP contribution < -0.4 is 10.6 Å². The Labute approximate surface area is 94.2 Å². The maximum Gasteiger partial charge on any atom is 0.187 e. The van der Waals surface area contributed by atoms with Crippen molar-refractivity contribution in [1.29, 1.82) is 0 Å². The van der Waals surface area contributed by atoms with Crippen LogP contribution in [0.5, 0.6) is 0 Å². The van der Waals surface area contributed by atoms with Crippen LogP contribution in [0.1, 0.15) is 6.42 Å². The predicted octanol–water partition coefficient (Wildman–Crippen LogP) is 0.617. The molecule has 2 aliphatic heterocycles. The van der Waals surface area contributed by atoms with Gasteiger partial charge in [0.15, 0.2) is 5.79 Å². The summed E-state index contributed by atoms with van der Waals surface area (Å²) in [5, 5.41) is 0. The van der Waals surface area contributed by atoms with Gasteiger partial charge < -0.3 is 20.1 Å². The second-order valence-electron chi connectivity index (χ2n) is 4.19. The number of pyridine rings is 1. The van der Waals surface area contributed by atoms with Crippen molar-refractivity contribution >= 4 is 11.5 Å². The molecule has 1 aromatic heterocycles. The van der Waals surface area contributed by atoms with Gasteiger partial charge in [-0.2, -0.15) is 0 Å². The molecular formula is C11H15N3O2. The van der Waals surface area contributed by atoms with E-state index in [1.165, 1.54) is 0 Å². The van der Waals surface area contributed by atoms with E-state index in [-0.39, 0.29) is 0 Å². The molecule has 2 saturated heterocycles. The van der Waals surface area contributed by atoms with Crippen LogP contribution in [0.25, 0.3) is 0 Å². The van der Waals surface area contributed by atoms with E-state index in [1.807, 2.05) is 12.1 Å². The van der Waals surface area contributed by atoms with Gasteiger partial charge in [0.1, 0.15) is 5.82 Å². The van der Waals surface area contributed by atoms with Gasteiger partial charge in [0.05, 0.1) is 25.4 Å². The van der Waals surface area contributed by atoms with Crippen molar-refractivity contribution in [3.8, 4) is 0 Å². The largest absolute Gasteiger partial charge is 0.382 e. The van der Waals surface area contributed by atoms with Crippen molar-refractivity contribution in [3.63, 3.8) is 0 Å². The van der Waals surface area contributed by atoms with Crippen molar-refractivity contribution in [2.45, 2.75) is 12.2 Å². The van der Waals surface area contributed by atoms with E-state index >= 15 is 0 Å². The molecule has 0 aliphatic carbocycles. The standard InChI is InChI=1S/C11H15N3O2/c12-10-9(2-1-4-13-10)14-5-3-11(8-14)15-6-7-16-11/h1-2,4H,3,5-8H2,(H2,12,13). The smallest absolute Gasteiger partial charge is 0.187 e. The zero-order valence-corrected chi connectivity index (χ0v) is 9.06. The molecule has 3 heterocycles. The van der Waals surface area contributed by atoms with Crippen molar-refractivity contribution in [1.82, 2.24) is 4.98 Å². The van der Waals surface area contributed by atoms with Crippen LogP contribution in [0, 0.1) is 0 Å². The fourth-order valence-corrected chi connectivity index (χ4v) is 2.37. The summed E-state index contributed by atoms with van der Waals surface area (Å²) < 4.78 is 11.3. The molecule has 0 bridgehead atoms. The van der Waals surface area contributed by atoms with Crippen LogP contribution in [0.4, 0.5) is 11.5 Å². The highest BCUT2D eigenvalue weighted by Crippen LogP contribution is 2.34. The molecule has 3 rings (SSSR count). The molecule has 0 aromatic carbocycles. The van der Waals surface area contributed by atoms with Gasteiger partial charge in [0, 0.05) is 19.2 Å². The fraction of sp³-hybridized carbons (Fsp3) is 0.545. The minimum Gasteiger partial charge on any atom is -0.382 e. The SMILES string of the molecule is Nc1ncccc1N1CCC2(C1)OCCO2. The maximum absolute atomic E-state index is 5.85.